The first-order chi connectivity index (χ1) is 13.3. The molecule has 27 heavy (non-hydrogen) atoms. The molecule has 1 amide bonds. The fraction of sp³-hybridized carbons (Fsp3) is 0.545. The third-order valence-electron chi connectivity index (χ3n) is 6.69. The van der Waals surface area contributed by atoms with E-state index in [0.717, 1.165) is 56.3 Å². The summed E-state index contributed by atoms with van der Waals surface area (Å²) in [6.45, 7) is 3.69. The number of hydrogen-bond acceptors (Lipinski definition) is 3. The average Bonchev–Trinajstić information content (AvgIpc) is 3.19. The van der Waals surface area contributed by atoms with Crippen molar-refractivity contribution in [3.8, 4) is 11.3 Å². The van der Waals surface area contributed by atoms with E-state index in [1.165, 1.54) is 43.2 Å². The van der Waals surface area contributed by atoms with E-state index in [9.17, 15) is 4.79 Å². The molecular formula is C22H28N4O. The summed E-state index contributed by atoms with van der Waals surface area (Å²) in [7, 11) is 0. The zero-order valence-electron chi connectivity index (χ0n) is 15.9. The van der Waals surface area contributed by atoms with Gasteiger partial charge in [0.1, 0.15) is 5.69 Å². The summed E-state index contributed by atoms with van der Waals surface area (Å²) in [5, 5.41) is 7.59. The number of benzene rings is 1. The summed E-state index contributed by atoms with van der Waals surface area (Å²) in [5.41, 5.74) is 5.30. The summed E-state index contributed by atoms with van der Waals surface area (Å²) < 4.78 is 0. The molecule has 0 unspecified atom stereocenters. The highest BCUT2D eigenvalue weighted by atomic mass is 16.2. The van der Waals surface area contributed by atoms with Gasteiger partial charge in [0.25, 0.3) is 5.91 Å². The normalized spacial score (nSPS) is 21.0. The molecule has 142 valence electrons. The van der Waals surface area contributed by atoms with Crippen molar-refractivity contribution in [3.63, 3.8) is 0 Å². The minimum atomic E-state index is 0.131. The number of nitrogens with zero attached hydrogens (tertiary/aromatic N) is 3. The Bertz CT molecular complexity index is 829. The lowest BCUT2D eigenvalue weighted by Crippen LogP contribution is -2.52. The van der Waals surface area contributed by atoms with Crippen LogP contribution in [0.2, 0.25) is 0 Å². The van der Waals surface area contributed by atoms with Crippen LogP contribution < -0.4 is 0 Å². The molecule has 0 bridgehead atoms. The molecule has 5 nitrogen and oxygen atoms in total. The molecule has 2 aromatic rings. The minimum absolute atomic E-state index is 0.131. The maximum atomic E-state index is 13.2. The lowest BCUT2D eigenvalue weighted by molar-refractivity contribution is 0.0517. The van der Waals surface area contributed by atoms with Crippen LogP contribution >= 0.6 is 0 Å². The van der Waals surface area contributed by atoms with Crippen molar-refractivity contribution < 1.29 is 4.79 Å². The van der Waals surface area contributed by atoms with Gasteiger partial charge in [0.05, 0.1) is 5.69 Å². The molecule has 0 spiro atoms. The highest BCUT2D eigenvalue weighted by Crippen LogP contribution is 2.34. The van der Waals surface area contributed by atoms with Crippen LogP contribution in [0.15, 0.2) is 24.3 Å². The van der Waals surface area contributed by atoms with E-state index in [1.54, 1.807) is 0 Å². The third kappa shape index (κ3) is 3.08. The van der Waals surface area contributed by atoms with Crippen molar-refractivity contribution in [1.82, 2.24) is 20.0 Å². The number of H-pyrrole nitrogens is 1. The van der Waals surface area contributed by atoms with Gasteiger partial charge in [-0.2, -0.15) is 5.10 Å². The topological polar surface area (TPSA) is 52.2 Å². The van der Waals surface area contributed by atoms with Crippen molar-refractivity contribution in [3.05, 3.63) is 41.1 Å². The van der Waals surface area contributed by atoms with Crippen LogP contribution in [0.25, 0.3) is 11.3 Å². The monoisotopic (exact) mass is 364 g/mol. The zero-order chi connectivity index (χ0) is 18.2. The quantitative estimate of drug-likeness (QED) is 0.890. The maximum absolute atomic E-state index is 13.2. The summed E-state index contributed by atoms with van der Waals surface area (Å²) in [5.74, 6) is 0.131. The van der Waals surface area contributed by atoms with Crippen LogP contribution in [0, 0.1) is 0 Å². The average molecular weight is 364 g/mol. The zero-order valence-corrected chi connectivity index (χ0v) is 15.9. The maximum Gasteiger partial charge on any atom is 0.272 e. The largest absolute Gasteiger partial charge is 0.335 e. The van der Waals surface area contributed by atoms with E-state index in [-0.39, 0.29) is 5.91 Å². The van der Waals surface area contributed by atoms with Gasteiger partial charge in [0.2, 0.25) is 0 Å². The van der Waals surface area contributed by atoms with Gasteiger partial charge in [-0.25, -0.2) is 0 Å². The van der Waals surface area contributed by atoms with Crippen molar-refractivity contribution in [1.29, 1.82) is 0 Å². The lowest BCUT2D eigenvalue weighted by Gasteiger charge is -2.40. The Hall–Kier alpha value is -2.14. The van der Waals surface area contributed by atoms with Gasteiger partial charge >= 0.3 is 0 Å². The Balaban J connectivity index is 1.30. The number of amides is 1. The van der Waals surface area contributed by atoms with Crippen LogP contribution in [0.5, 0.6) is 0 Å². The molecule has 0 radical (unpaired) electrons. The van der Waals surface area contributed by atoms with Gasteiger partial charge in [-0.05, 0) is 31.2 Å². The number of carbonyl (C=O) groups excluding carboxylic acids is 1. The van der Waals surface area contributed by atoms with E-state index in [2.05, 4.69) is 39.4 Å². The highest BCUT2D eigenvalue weighted by Gasteiger charge is 2.31. The smallest absolute Gasteiger partial charge is 0.272 e. The minimum Gasteiger partial charge on any atom is -0.335 e. The van der Waals surface area contributed by atoms with Crippen LogP contribution in [-0.4, -0.2) is 58.1 Å². The molecular weight excluding hydrogens is 336 g/mol. The Kier molecular flexibility index (Phi) is 4.48. The SMILES string of the molecule is O=C(c1[nH]nc2c1CCc1ccccc1-2)N1CCN(C2CCCCC2)CC1. The molecule has 3 aliphatic rings. The third-order valence-corrected chi connectivity index (χ3v) is 6.69. The van der Waals surface area contributed by atoms with Crippen LogP contribution in [0.3, 0.4) is 0 Å². The second kappa shape index (κ2) is 7.12. The van der Waals surface area contributed by atoms with Gasteiger partial charge in [0.15, 0.2) is 0 Å². The van der Waals surface area contributed by atoms with Crippen molar-refractivity contribution in [2.75, 3.05) is 26.2 Å². The molecule has 5 rings (SSSR count). The summed E-state index contributed by atoms with van der Waals surface area (Å²) in [6, 6.07) is 9.15. The van der Waals surface area contributed by atoms with E-state index in [1.807, 2.05) is 4.90 Å². The van der Waals surface area contributed by atoms with Crippen LogP contribution in [0.1, 0.15) is 53.7 Å². The molecule has 2 aliphatic carbocycles. The van der Waals surface area contributed by atoms with Gasteiger partial charge < -0.3 is 4.90 Å². The Labute approximate surface area is 160 Å². The van der Waals surface area contributed by atoms with E-state index < -0.39 is 0 Å². The number of aryl methyl sites for hydroxylation is 1. The van der Waals surface area contributed by atoms with Crippen LogP contribution in [-0.2, 0) is 12.8 Å². The number of aromatic amines is 1. The lowest BCUT2D eigenvalue weighted by atomic mass is 9.89. The predicted octanol–water partition coefficient (Wildman–Crippen LogP) is 3.27. The van der Waals surface area contributed by atoms with Crippen molar-refractivity contribution in [2.24, 2.45) is 0 Å². The number of carbonyl (C=O) groups is 1. The Morgan fingerprint density at radius 2 is 1.78 bits per heavy atom. The molecule has 2 heterocycles. The van der Waals surface area contributed by atoms with Crippen LogP contribution in [0.4, 0.5) is 0 Å². The van der Waals surface area contributed by atoms with Gasteiger partial charge in [-0.1, -0.05) is 43.5 Å². The number of nitrogens with one attached hydrogen (secondary N) is 1. The molecule has 0 atom stereocenters. The van der Waals surface area contributed by atoms with Crippen molar-refractivity contribution in [2.45, 2.75) is 51.0 Å². The standard InChI is InChI=1S/C22H28N4O/c27-22(26-14-12-25(13-15-26)17-7-2-1-3-8-17)21-19-11-10-16-6-4-5-9-18(16)20(19)23-24-21/h4-6,9,17H,1-3,7-8,10-15H2,(H,23,24). The van der Waals surface area contributed by atoms with E-state index in [4.69, 9.17) is 0 Å². The number of piperazine rings is 1. The van der Waals surface area contributed by atoms with E-state index >= 15 is 0 Å². The Morgan fingerprint density at radius 3 is 2.59 bits per heavy atom. The number of fused-ring (bicyclic) bond motifs is 3. The molecule has 1 aliphatic heterocycles. The van der Waals surface area contributed by atoms with Gasteiger partial charge in [0, 0.05) is 43.3 Å². The summed E-state index contributed by atoms with van der Waals surface area (Å²) >= 11 is 0. The predicted molar refractivity (Wildman–Crippen MR) is 106 cm³/mol. The summed E-state index contributed by atoms with van der Waals surface area (Å²) in [6.07, 6.45) is 8.67. The second-order valence-electron chi connectivity index (χ2n) is 8.20. The van der Waals surface area contributed by atoms with Crippen molar-refractivity contribution >= 4 is 5.91 Å². The number of hydrogen-bond donors (Lipinski definition) is 1. The molecule has 1 N–H and O–H groups in total. The first kappa shape index (κ1) is 17.0. The van der Waals surface area contributed by atoms with Gasteiger partial charge in [-0.3, -0.25) is 14.8 Å². The molecule has 1 saturated heterocycles. The number of rotatable bonds is 2. The molecule has 1 aromatic heterocycles. The molecule has 1 aromatic carbocycles. The fourth-order valence-corrected chi connectivity index (χ4v) is 5.13. The summed E-state index contributed by atoms with van der Waals surface area (Å²) in [4.78, 5) is 17.8. The fourth-order valence-electron chi connectivity index (χ4n) is 5.13. The molecule has 2 fully saturated rings. The highest BCUT2D eigenvalue weighted by molar-refractivity contribution is 5.96. The number of aromatic nitrogens is 2. The first-order valence-corrected chi connectivity index (χ1v) is 10.5. The van der Waals surface area contributed by atoms with E-state index in [0.29, 0.717) is 5.69 Å². The van der Waals surface area contributed by atoms with Gasteiger partial charge in [-0.15, -0.1) is 0 Å². The molecule has 5 heteroatoms. The Morgan fingerprint density at radius 1 is 1.00 bits per heavy atom. The second-order valence-corrected chi connectivity index (χ2v) is 8.20. The first-order valence-electron chi connectivity index (χ1n) is 10.5. The molecule has 1 saturated carbocycles.